The summed E-state index contributed by atoms with van der Waals surface area (Å²) in [5.74, 6) is 0.252. The molecule has 29 heavy (non-hydrogen) atoms. The average molecular weight is 403 g/mol. The van der Waals surface area contributed by atoms with Crippen LogP contribution in [-0.4, -0.2) is 28.8 Å². The molecule has 1 saturated heterocycles. The molecule has 3 heterocycles. The van der Waals surface area contributed by atoms with Crippen LogP contribution < -0.4 is 0 Å². The maximum atomic E-state index is 12.8. The van der Waals surface area contributed by atoms with Gasteiger partial charge in [0, 0.05) is 44.0 Å². The van der Waals surface area contributed by atoms with E-state index in [1.807, 2.05) is 24.5 Å². The molecular formula is C25H26N2OS. The van der Waals surface area contributed by atoms with E-state index in [9.17, 15) is 4.79 Å². The number of carbonyl (C=O) groups is 1. The van der Waals surface area contributed by atoms with Gasteiger partial charge in [0.05, 0.1) is 4.88 Å². The number of likely N-dealkylation sites (tertiary alicyclic amines) is 1. The first-order valence-electron chi connectivity index (χ1n) is 9.82. The van der Waals surface area contributed by atoms with Crippen LogP contribution >= 0.6 is 11.3 Å². The van der Waals surface area contributed by atoms with Crippen molar-refractivity contribution in [1.82, 2.24) is 9.88 Å². The Bertz CT molecular complexity index is 1040. The minimum absolute atomic E-state index is 0. The lowest BCUT2D eigenvalue weighted by molar-refractivity contribution is 0.0997. The number of aromatic nitrogens is 1. The van der Waals surface area contributed by atoms with Crippen molar-refractivity contribution < 1.29 is 4.79 Å². The van der Waals surface area contributed by atoms with Gasteiger partial charge < -0.3 is 0 Å². The lowest BCUT2D eigenvalue weighted by atomic mass is 9.87. The van der Waals surface area contributed by atoms with Crippen LogP contribution in [0.15, 0.2) is 65.8 Å². The van der Waals surface area contributed by atoms with Crippen molar-refractivity contribution >= 4 is 22.7 Å². The summed E-state index contributed by atoms with van der Waals surface area (Å²) in [4.78, 5) is 20.5. The number of hydrogen-bond acceptors (Lipinski definition) is 4. The molecule has 0 saturated carbocycles. The number of fused-ring (bicyclic) bond motifs is 2. The molecule has 148 valence electrons. The minimum atomic E-state index is 0. The number of Topliss-reactive ketones (excluding diaryl/α,β-unsaturated/α-hetero) is 1. The van der Waals surface area contributed by atoms with Gasteiger partial charge in [-0.05, 0) is 52.6 Å². The van der Waals surface area contributed by atoms with E-state index in [4.69, 9.17) is 0 Å². The number of pyridine rings is 1. The SMILES string of the molecule is C.O=C1Cc2ccccc2C(=C2CCN(Cc3cccnc3)CC2)c2ccsc21. The van der Waals surface area contributed by atoms with Crippen LogP contribution in [0.5, 0.6) is 0 Å². The number of piperidine rings is 1. The predicted molar refractivity (Wildman–Crippen MR) is 120 cm³/mol. The molecule has 0 amide bonds. The van der Waals surface area contributed by atoms with E-state index < -0.39 is 0 Å². The normalized spacial score (nSPS) is 16.6. The van der Waals surface area contributed by atoms with Crippen molar-refractivity contribution in [2.75, 3.05) is 13.1 Å². The summed E-state index contributed by atoms with van der Waals surface area (Å²) in [6.07, 6.45) is 6.39. The van der Waals surface area contributed by atoms with Gasteiger partial charge in [-0.3, -0.25) is 14.7 Å². The molecule has 2 aliphatic rings. The number of thiophene rings is 1. The van der Waals surface area contributed by atoms with Gasteiger partial charge in [-0.15, -0.1) is 11.3 Å². The van der Waals surface area contributed by atoms with Gasteiger partial charge >= 0.3 is 0 Å². The smallest absolute Gasteiger partial charge is 0.177 e. The van der Waals surface area contributed by atoms with E-state index in [0.29, 0.717) is 6.42 Å². The molecule has 4 heteroatoms. The van der Waals surface area contributed by atoms with Gasteiger partial charge in [-0.25, -0.2) is 0 Å². The Morgan fingerprint density at radius 1 is 1.00 bits per heavy atom. The molecule has 3 aromatic rings. The quantitative estimate of drug-likeness (QED) is 0.558. The molecule has 0 unspecified atom stereocenters. The second kappa shape index (κ2) is 8.44. The lowest BCUT2D eigenvalue weighted by Crippen LogP contribution is -2.30. The molecule has 0 atom stereocenters. The molecule has 1 aliphatic heterocycles. The van der Waals surface area contributed by atoms with E-state index in [1.54, 1.807) is 11.3 Å². The van der Waals surface area contributed by atoms with E-state index in [0.717, 1.165) is 48.5 Å². The highest BCUT2D eigenvalue weighted by atomic mass is 32.1. The topological polar surface area (TPSA) is 33.2 Å². The minimum Gasteiger partial charge on any atom is -0.298 e. The maximum absolute atomic E-state index is 12.8. The Balaban J connectivity index is 0.00000205. The average Bonchev–Trinajstić information content (AvgIpc) is 3.17. The van der Waals surface area contributed by atoms with Crippen LogP contribution in [0.1, 0.15) is 52.2 Å². The summed E-state index contributed by atoms with van der Waals surface area (Å²) < 4.78 is 0. The van der Waals surface area contributed by atoms with E-state index in [2.05, 4.69) is 45.6 Å². The van der Waals surface area contributed by atoms with Gasteiger partial charge in [0.25, 0.3) is 0 Å². The standard InChI is InChI=1S/C24H22N2OS.CH4/c27-22-14-19-5-1-2-6-20(19)23(21-9-13-28-24(21)22)18-7-11-26(12-8-18)16-17-4-3-10-25-15-17;/h1-6,9-10,13,15H,7-8,11-12,14,16H2;1H4. The highest BCUT2D eigenvalue weighted by Crippen LogP contribution is 2.40. The molecule has 1 fully saturated rings. The summed E-state index contributed by atoms with van der Waals surface area (Å²) in [5, 5.41) is 2.06. The molecule has 0 bridgehead atoms. The van der Waals surface area contributed by atoms with Gasteiger partial charge in [-0.1, -0.05) is 43.3 Å². The Morgan fingerprint density at radius 2 is 1.83 bits per heavy atom. The molecule has 0 spiro atoms. The van der Waals surface area contributed by atoms with E-state index >= 15 is 0 Å². The highest BCUT2D eigenvalue weighted by molar-refractivity contribution is 7.12. The Kier molecular flexibility index (Phi) is 5.74. The van der Waals surface area contributed by atoms with E-state index in [-0.39, 0.29) is 13.2 Å². The fourth-order valence-corrected chi connectivity index (χ4v) is 5.24. The van der Waals surface area contributed by atoms with Crippen LogP contribution in [0.3, 0.4) is 0 Å². The second-order valence-corrected chi connectivity index (χ2v) is 8.45. The first kappa shape index (κ1) is 19.7. The molecule has 0 radical (unpaired) electrons. The monoisotopic (exact) mass is 402 g/mol. The lowest BCUT2D eigenvalue weighted by Gasteiger charge is -2.30. The van der Waals surface area contributed by atoms with Crippen LogP contribution in [-0.2, 0) is 13.0 Å². The van der Waals surface area contributed by atoms with E-state index in [1.165, 1.54) is 22.3 Å². The zero-order valence-electron chi connectivity index (χ0n) is 15.7. The third-order valence-electron chi connectivity index (χ3n) is 5.77. The van der Waals surface area contributed by atoms with Crippen LogP contribution in [0.2, 0.25) is 0 Å². The number of carbonyl (C=O) groups excluding carboxylic acids is 1. The number of ketones is 1. The Labute approximate surface area is 176 Å². The molecular weight excluding hydrogens is 376 g/mol. The zero-order valence-corrected chi connectivity index (χ0v) is 16.5. The molecule has 0 N–H and O–H groups in total. The van der Waals surface area contributed by atoms with Crippen LogP contribution in [0.25, 0.3) is 5.57 Å². The predicted octanol–water partition coefficient (Wildman–Crippen LogP) is 5.62. The van der Waals surface area contributed by atoms with Gasteiger partial charge in [0.2, 0.25) is 0 Å². The third-order valence-corrected chi connectivity index (χ3v) is 6.72. The van der Waals surface area contributed by atoms with Crippen LogP contribution in [0.4, 0.5) is 0 Å². The fourth-order valence-electron chi connectivity index (χ4n) is 4.40. The summed E-state index contributed by atoms with van der Waals surface area (Å²) in [6.45, 7) is 3.04. The highest BCUT2D eigenvalue weighted by Gasteiger charge is 2.27. The summed E-state index contributed by atoms with van der Waals surface area (Å²) in [5.41, 5.74) is 7.64. The van der Waals surface area contributed by atoms with Crippen molar-refractivity contribution in [3.63, 3.8) is 0 Å². The first-order valence-corrected chi connectivity index (χ1v) is 10.7. The van der Waals surface area contributed by atoms with Gasteiger partial charge in [0.1, 0.15) is 0 Å². The number of hydrogen-bond donors (Lipinski definition) is 0. The second-order valence-electron chi connectivity index (χ2n) is 7.54. The molecule has 1 aromatic carbocycles. The van der Waals surface area contributed by atoms with Crippen molar-refractivity contribution in [2.24, 2.45) is 0 Å². The Hall–Kier alpha value is -2.56. The number of rotatable bonds is 2. The largest absolute Gasteiger partial charge is 0.298 e. The molecule has 5 rings (SSSR count). The van der Waals surface area contributed by atoms with Crippen molar-refractivity contribution in [3.8, 4) is 0 Å². The Morgan fingerprint density at radius 3 is 2.62 bits per heavy atom. The van der Waals surface area contributed by atoms with Crippen molar-refractivity contribution in [1.29, 1.82) is 0 Å². The summed E-state index contributed by atoms with van der Waals surface area (Å²) in [6, 6.07) is 14.7. The van der Waals surface area contributed by atoms with Gasteiger partial charge in [-0.2, -0.15) is 0 Å². The fraction of sp³-hybridized carbons (Fsp3) is 0.280. The van der Waals surface area contributed by atoms with Crippen molar-refractivity contribution in [3.05, 3.63) is 92.9 Å². The third kappa shape index (κ3) is 3.83. The number of nitrogens with zero attached hydrogens (tertiary/aromatic N) is 2. The number of benzene rings is 1. The van der Waals surface area contributed by atoms with Gasteiger partial charge in [0.15, 0.2) is 5.78 Å². The zero-order chi connectivity index (χ0) is 18.9. The molecule has 3 nitrogen and oxygen atoms in total. The van der Waals surface area contributed by atoms with Crippen LogP contribution in [0, 0.1) is 0 Å². The summed E-state index contributed by atoms with van der Waals surface area (Å²) >= 11 is 1.59. The van der Waals surface area contributed by atoms with Crippen molar-refractivity contribution in [2.45, 2.75) is 33.2 Å². The maximum Gasteiger partial charge on any atom is 0.177 e. The molecule has 1 aliphatic carbocycles. The summed E-state index contributed by atoms with van der Waals surface area (Å²) in [7, 11) is 0. The first-order chi connectivity index (χ1) is 13.8. The molecule has 2 aromatic heterocycles.